The molecule has 0 saturated carbocycles. The number of hydrogen-bond acceptors (Lipinski definition) is 4. The van der Waals surface area contributed by atoms with Gasteiger partial charge in [-0.05, 0) is 17.5 Å². The SMILES string of the molecule is CCN(CCCNC(=NC)NCc1ccc(COCC(F)(F)F)cc1)S(C)(=O)=O.I. The molecule has 7 nitrogen and oxygen atoms in total. The van der Waals surface area contributed by atoms with Gasteiger partial charge in [0.25, 0.3) is 0 Å². The van der Waals surface area contributed by atoms with Crippen LogP contribution in [0.4, 0.5) is 13.2 Å². The Kier molecular flexibility index (Phi) is 13.5. The molecule has 0 fully saturated rings. The summed E-state index contributed by atoms with van der Waals surface area (Å²) < 4.78 is 65.3. The second kappa shape index (κ2) is 14.0. The van der Waals surface area contributed by atoms with E-state index < -0.39 is 22.8 Å². The summed E-state index contributed by atoms with van der Waals surface area (Å²) in [4.78, 5) is 4.11. The summed E-state index contributed by atoms with van der Waals surface area (Å²) in [7, 11) is -1.56. The largest absolute Gasteiger partial charge is 0.411 e. The van der Waals surface area contributed by atoms with Gasteiger partial charge in [-0.15, -0.1) is 24.0 Å². The van der Waals surface area contributed by atoms with Crippen molar-refractivity contribution in [2.45, 2.75) is 32.7 Å². The number of ether oxygens (including phenoxy) is 1. The molecule has 0 unspecified atom stereocenters. The van der Waals surface area contributed by atoms with Crippen LogP contribution < -0.4 is 10.6 Å². The second-order valence-electron chi connectivity index (χ2n) is 6.39. The summed E-state index contributed by atoms with van der Waals surface area (Å²) in [5.74, 6) is 0.574. The smallest absolute Gasteiger partial charge is 0.367 e. The maximum Gasteiger partial charge on any atom is 0.411 e. The fraction of sp³-hybridized carbons (Fsp3) is 0.611. The lowest BCUT2D eigenvalue weighted by Crippen LogP contribution is -2.39. The molecule has 30 heavy (non-hydrogen) atoms. The Bertz CT molecular complexity index is 744. The van der Waals surface area contributed by atoms with Gasteiger partial charge >= 0.3 is 6.18 Å². The van der Waals surface area contributed by atoms with Crippen LogP contribution >= 0.6 is 24.0 Å². The highest BCUT2D eigenvalue weighted by molar-refractivity contribution is 14.0. The third kappa shape index (κ3) is 12.5. The summed E-state index contributed by atoms with van der Waals surface area (Å²) in [5, 5.41) is 6.24. The lowest BCUT2D eigenvalue weighted by atomic mass is 10.1. The molecule has 0 radical (unpaired) electrons. The summed E-state index contributed by atoms with van der Waals surface area (Å²) in [6.45, 7) is 2.33. The highest BCUT2D eigenvalue weighted by Gasteiger charge is 2.27. The van der Waals surface area contributed by atoms with Gasteiger partial charge in [0.15, 0.2) is 5.96 Å². The van der Waals surface area contributed by atoms with Gasteiger partial charge in [-0.3, -0.25) is 4.99 Å². The van der Waals surface area contributed by atoms with Gasteiger partial charge in [-0.25, -0.2) is 12.7 Å². The van der Waals surface area contributed by atoms with Gasteiger partial charge in [-0.1, -0.05) is 31.2 Å². The summed E-state index contributed by atoms with van der Waals surface area (Å²) in [6, 6.07) is 7.04. The average Bonchev–Trinajstić information content (AvgIpc) is 2.63. The highest BCUT2D eigenvalue weighted by Crippen LogP contribution is 2.15. The third-order valence-corrected chi connectivity index (χ3v) is 5.32. The van der Waals surface area contributed by atoms with Crippen LogP contribution in [-0.4, -0.2) is 64.4 Å². The first-order valence-electron chi connectivity index (χ1n) is 9.17. The minimum absolute atomic E-state index is 0. The molecule has 0 amide bonds. The highest BCUT2D eigenvalue weighted by atomic mass is 127. The van der Waals surface area contributed by atoms with Crippen LogP contribution in [0.15, 0.2) is 29.3 Å². The van der Waals surface area contributed by atoms with Gasteiger partial charge in [0.2, 0.25) is 10.0 Å². The molecule has 0 bridgehead atoms. The van der Waals surface area contributed by atoms with Gasteiger partial charge < -0.3 is 15.4 Å². The summed E-state index contributed by atoms with van der Waals surface area (Å²) in [6.07, 6.45) is -2.50. The number of sulfonamides is 1. The molecule has 0 aliphatic carbocycles. The van der Waals surface area contributed by atoms with Gasteiger partial charge in [-0.2, -0.15) is 13.2 Å². The topological polar surface area (TPSA) is 83.0 Å². The molecule has 174 valence electrons. The van der Waals surface area contributed by atoms with E-state index in [0.29, 0.717) is 44.1 Å². The minimum Gasteiger partial charge on any atom is -0.367 e. The molecule has 0 atom stereocenters. The van der Waals surface area contributed by atoms with Crippen molar-refractivity contribution in [2.24, 2.45) is 4.99 Å². The maximum atomic E-state index is 12.1. The molecule has 1 aromatic carbocycles. The van der Waals surface area contributed by atoms with Crippen molar-refractivity contribution in [3.63, 3.8) is 0 Å². The Morgan fingerprint density at radius 1 is 1.17 bits per heavy atom. The summed E-state index contributed by atoms with van der Waals surface area (Å²) in [5.41, 5.74) is 1.59. The Balaban J connectivity index is 0.00000841. The molecule has 0 aliphatic rings. The van der Waals surface area contributed by atoms with Crippen LogP contribution in [0.3, 0.4) is 0 Å². The van der Waals surface area contributed by atoms with E-state index in [1.54, 1.807) is 38.2 Å². The lowest BCUT2D eigenvalue weighted by Gasteiger charge is -2.18. The Morgan fingerprint density at radius 3 is 2.27 bits per heavy atom. The van der Waals surface area contributed by atoms with Crippen molar-refractivity contribution in [1.29, 1.82) is 0 Å². The Hall–Kier alpha value is -1.12. The number of alkyl halides is 3. The Morgan fingerprint density at radius 2 is 1.77 bits per heavy atom. The molecule has 0 aliphatic heterocycles. The van der Waals surface area contributed by atoms with Crippen LogP contribution in [0.25, 0.3) is 0 Å². The van der Waals surface area contributed by atoms with Crippen molar-refractivity contribution in [3.8, 4) is 0 Å². The van der Waals surface area contributed by atoms with Crippen molar-refractivity contribution in [2.75, 3.05) is 39.5 Å². The number of halogens is 4. The average molecular weight is 566 g/mol. The monoisotopic (exact) mass is 566 g/mol. The van der Waals surface area contributed by atoms with E-state index in [4.69, 9.17) is 0 Å². The number of nitrogens with one attached hydrogen (secondary N) is 2. The van der Waals surface area contributed by atoms with Crippen molar-refractivity contribution >= 4 is 40.0 Å². The van der Waals surface area contributed by atoms with Crippen LogP contribution in [0.2, 0.25) is 0 Å². The third-order valence-electron chi connectivity index (χ3n) is 3.94. The van der Waals surface area contributed by atoms with Crippen LogP contribution in [0, 0.1) is 0 Å². The minimum atomic E-state index is -4.33. The number of guanidine groups is 1. The number of nitrogens with zero attached hydrogens (tertiary/aromatic N) is 2. The number of rotatable bonds is 11. The van der Waals surface area contributed by atoms with Gasteiger partial charge in [0.05, 0.1) is 12.9 Å². The zero-order valence-electron chi connectivity index (χ0n) is 17.3. The predicted octanol–water partition coefficient (Wildman–Crippen LogP) is 2.72. The molecule has 1 rings (SSSR count). The zero-order chi connectivity index (χ0) is 21.9. The molecular formula is C18H30F3IN4O3S. The van der Waals surface area contributed by atoms with Crippen molar-refractivity contribution in [3.05, 3.63) is 35.4 Å². The van der Waals surface area contributed by atoms with E-state index in [1.165, 1.54) is 10.6 Å². The molecule has 0 aromatic heterocycles. The van der Waals surface area contributed by atoms with Crippen LogP contribution in [0.5, 0.6) is 0 Å². The first-order chi connectivity index (χ1) is 13.5. The van der Waals surface area contributed by atoms with Gasteiger partial charge in [0.1, 0.15) is 6.61 Å². The lowest BCUT2D eigenvalue weighted by molar-refractivity contribution is -0.176. The van der Waals surface area contributed by atoms with E-state index in [9.17, 15) is 21.6 Å². The van der Waals surface area contributed by atoms with Crippen molar-refractivity contribution < 1.29 is 26.3 Å². The standard InChI is InChI=1S/C18H29F3N4O3S.HI/c1-4-25(29(3,26)27)11-5-10-23-17(22-2)24-12-15-6-8-16(9-7-15)13-28-14-18(19,20)21;/h6-9H,4-5,10-14H2,1-3H3,(H2,22,23,24);1H. The molecule has 12 heteroatoms. The van der Waals surface area contributed by atoms with Gasteiger partial charge in [0, 0.05) is 33.2 Å². The number of aliphatic imine (C=N–C) groups is 1. The molecule has 0 spiro atoms. The first-order valence-corrected chi connectivity index (χ1v) is 11.0. The maximum absolute atomic E-state index is 12.1. The molecular weight excluding hydrogens is 536 g/mol. The fourth-order valence-corrected chi connectivity index (χ4v) is 3.39. The predicted molar refractivity (Wildman–Crippen MR) is 122 cm³/mol. The fourth-order valence-electron chi connectivity index (χ4n) is 2.46. The van der Waals surface area contributed by atoms with E-state index >= 15 is 0 Å². The molecule has 0 saturated heterocycles. The number of hydrogen-bond donors (Lipinski definition) is 2. The van der Waals surface area contributed by atoms with Crippen LogP contribution in [-0.2, 0) is 27.9 Å². The Labute approximate surface area is 193 Å². The first kappa shape index (κ1) is 28.9. The van der Waals surface area contributed by atoms with E-state index in [-0.39, 0.29) is 30.6 Å². The van der Waals surface area contributed by atoms with Crippen LogP contribution in [0.1, 0.15) is 24.5 Å². The molecule has 0 heterocycles. The van der Waals surface area contributed by atoms with E-state index in [1.807, 2.05) is 0 Å². The van der Waals surface area contributed by atoms with Crippen molar-refractivity contribution in [1.82, 2.24) is 14.9 Å². The van der Waals surface area contributed by atoms with E-state index in [0.717, 1.165) is 5.56 Å². The number of benzene rings is 1. The normalized spacial score (nSPS) is 12.6. The zero-order valence-corrected chi connectivity index (χ0v) is 20.5. The quantitative estimate of drug-likeness (QED) is 0.186. The second-order valence-corrected chi connectivity index (χ2v) is 8.37. The summed E-state index contributed by atoms with van der Waals surface area (Å²) >= 11 is 0. The van der Waals surface area contributed by atoms with E-state index in [2.05, 4.69) is 20.4 Å². The molecule has 2 N–H and O–H groups in total. The molecule has 1 aromatic rings.